The monoisotopic (exact) mass is 434 g/mol. The molecule has 1 rings (SSSR count). The van der Waals surface area contributed by atoms with Gasteiger partial charge >= 0.3 is 0 Å². The van der Waals surface area contributed by atoms with E-state index in [2.05, 4.69) is 107 Å². The minimum Gasteiger partial charge on any atom is -0.329 e. The lowest BCUT2D eigenvalue weighted by molar-refractivity contribution is -0.890. The summed E-state index contributed by atoms with van der Waals surface area (Å²) >= 11 is 0. The van der Waals surface area contributed by atoms with Crippen molar-refractivity contribution < 1.29 is 8.97 Å². The SMILES string of the molecule is CCCC[N+](C)(C)CCCC(C)(C)C.CC[N+](C)(C)CCCC(C)(C)c1ccccc1. The normalized spacial score (nSPS) is 13.0. The minimum atomic E-state index is 0.301. The van der Waals surface area contributed by atoms with Gasteiger partial charge in [0.1, 0.15) is 0 Å². The van der Waals surface area contributed by atoms with Gasteiger partial charge in [-0.05, 0) is 55.4 Å². The molecule has 0 atom stereocenters. The highest BCUT2D eigenvalue weighted by Crippen LogP contribution is 2.28. The average molecular weight is 435 g/mol. The second-order valence-corrected chi connectivity index (χ2v) is 12.7. The first-order chi connectivity index (χ1) is 14.1. The molecule has 0 bridgehead atoms. The average Bonchev–Trinajstić information content (AvgIpc) is 2.66. The van der Waals surface area contributed by atoms with Crippen LogP contribution in [-0.2, 0) is 5.41 Å². The van der Waals surface area contributed by atoms with Gasteiger partial charge in [0.2, 0.25) is 0 Å². The Morgan fingerprint density at radius 1 is 0.645 bits per heavy atom. The molecule has 0 fully saturated rings. The van der Waals surface area contributed by atoms with Crippen molar-refractivity contribution in [3.63, 3.8) is 0 Å². The summed E-state index contributed by atoms with van der Waals surface area (Å²) in [5, 5.41) is 0. The van der Waals surface area contributed by atoms with Crippen molar-refractivity contribution >= 4 is 0 Å². The Hall–Kier alpha value is -0.860. The number of unbranched alkanes of at least 4 members (excludes halogenated alkanes) is 1. The molecule has 0 radical (unpaired) electrons. The summed E-state index contributed by atoms with van der Waals surface area (Å²) in [4.78, 5) is 0. The Morgan fingerprint density at radius 2 is 1.13 bits per heavy atom. The molecule has 2 nitrogen and oxygen atoms in total. The highest BCUT2D eigenvalue weighted by Gasteiger charge is 2.22. The number of hydrogen-bond donors (Lipinski definition) is 0. The van der Waals surface area contributed by atoms with E-state index in [1.165, 1.54) is 74.8 Å². The van der Waals surface area contributed by atoms with Crippen LogP contribution in [0.1, 0.15) is 92.6 Å². The Kier molecular flexibility index (Phi) is 13.3. The van der Waals surface area contributed by atoms with E-state index >= 15 is 0 Å². The predicted molar refractivity (Wildman–Crippen MR) is 142 cm³/mol. The number of nitrogens with zero attached hydrogens (tertiary/aromatic N) is 2. The molecule has 182 valence electrons. The summed E-state index contributed by atoms with van der Waals surface area (Å²) in [5.41, 5.74) is 2.27. The first kappa shape index (κ1) is 30.1. The summed E-state index contributed by atoms with van der Waals surface area (Å²) in [6, 6.07) is 10.9. The Balaban J connectivity index is 0.000000594. The molecule has 0 saturated heterocycles. The zero-order valence-corrected chi connectivity index (χ0v) is 23.4. The predicted octanol–water partition coefficient (Wildman–Crippen LogP) is 7.53. The van der Waals surface area contributed by atoms with Crippen LogP contribution in [0.15, 0.2) is 30.3 Å². The van der Waals surface area contributed by atoms with Crippen molar-refractivity contribution in [1.82, 2.24) is 0 Å². The molecule has 0 aromatic heterocycles. The molecule has 0 amide bonds. The van der Waals surface area contributed by atoms with Gasteiger partial charge in [-0.3, -0.25) is 0 Å². The lowest BCUT2D eigenvalue weighted by Crippen LogP contribution is -2.41. The van der Waals surface area contributed by atoms with Gasteiger partial charge in [-0.2, -0.15) is 0 Å². The second kappa shape index (κ2) is 13.6. The largest absolute Gasteiger partial charge is 0.329 e. The molecular weight excluding hydrogens is 376 g/mol. The molecule has 31 heavy (non-hydrogen) atoms. The standard InChI is InChI=1S/C16H28N.C13H30N/c1-6-17(4,5)14-10-13-16(2,3)15-11-8-7-9-12-15;1-7-8-11-14(5,6)12-9-10-13(2,3)4/h7-9,11-12H,6,10,13-14H2,1-5H3;7-12H2,1-6H3/q2*+1. The number of quaternary nitrogens is 2. The van der Waals surface area contributed by atoms with Gasteiger partial charge in [0.25, 0.3) is 0 Å². The van der Waals surface area contributed by atoms with Gasteiger partial charge < -0.3 is 8.97 Å². The van der Waals surface area contributed by atoms with Crippen molar-refractivity contribution in [3.8, 4) is 0 Å². The third-order valence-corrected chi connectivity index (χ3v) is 6.78. The van der Waals surface area contributed by atoms with Gasteiger partial charge in [0, 0.05) is 0 Å². The van der Waals surface area contributed by atoms with Crippen molar-refractivity contribution in [1.29, 1.82) is 0 Å². The molecule has 0 heterocycles. The smallest absolute Gasteiger partial charge is 0.0782 e. The third kappa shape index (κ3) is 15.6. The highest BCUT2D eigenvalue weighted by molar-refractivity contribution is 5.23. The van der Waals surface area contributed by atoms with Gasteiger partial charge in [0.15, 0.2) is 0 Å². The van der Waals surface area contributed by atoms with E-state index in [4.69, 9.17) is 0 Å². The maximum Gasteiger partial charge on any atom is 0.0782 e. The van der Waals surface area contributed by atoms with E-state index in [-0.39, 0.29) is 0 Å². The molecule has 0 saturated carbocycles. The van der Waals surface area contributed by atoms with E-state index in [0.717, 1.165) is 4.48 Å². The summed E-state index contributed by atoms with van der Waals surface area (Å²) in [6.07, 6.45) is 7.95. The van der Waals surface area contributed by atoms with E-state index in [9.17, 15) is 0 Å². The van der Waals surface area contributed by atoms with Crippen molar-refractivity contribution in [2.24, 2.45) is 5.41 Å². The van der Waals surface area contributed by atoms with Crippen LogP contribution in [-0.4, -0.2) is 63.3 Å². The maximum atomic E-state index is 2.36. The first-order valence-electron chi connectivity index (χ1n) is 12.8. The number of rotatable bonds is 12. The first-order valence-corrected chi connectivity index (χ1v) is 12.8. The molecular formula is C29H58N2+2. The number of hydrogen-bond acceptors (Lipinski definition) is 0. The molecule has 0 spiro atoms. The molecule has 0 N–H and O–H groups in total. The molecule has 0 aliphatic carbocycles. The third-order valence-electron chi connectivity index (χ3n) is 6.78. The molecule has 1 aromatic rings. The molecule has 0 aliphatic heterocycles. The Bertz CT molecular complexity index is 564. The lowest BCUT2D eigenvalue weighted by atomic mass is 9.80. The van der Waals surface area contributed by atoms with Crippen LogP contribution in [0.3, 0.4) is 0 Å². The van der Waals surface area contributed by atoms with E-state index in [1.807, 2.05) is 0 Å². The Labute approximate surface area is 197 Å². The van der Waals surface area contributed by atoms with Crippen LogP contribution in [0.5, 0.6) is 0 Å². The van der Waals surface area contributed by atoms with Gasteiger partial charge in [-0.25, -0.2) is 0 Å². The lowest BCUT2D eigenvalue weighted by Gasteiger charge is -2.31. The molecule has 0 aliphatic rings. The fourth-order valence-corrected chi connectivity index (χ4v) is 3.88. The van der Waals surface area contributed by atoms with Crippen molar-refractivity contribution in [2.75, 3.05) is 54.4 Å². The van der Waals surface area contributed by atoms with Crippen molar-refractivity contribution in [3.05, 3.63) is 35.9 Å². The van der Waals surface area contributed by atoms with E-state index in [0.29, 0.717) is 10.8 Å². The fourth-order valence-electron chi connectivity index (χ4n) is 3.88. The second-order valence-electron chi connectivity index (χ2n) is 12.7. The van der Waals surface area contributed by atoms with Crippen LogP contribution in [0.2, 0.25) is 0 Å². The summed E-state index contributed by atoms with van der Waals surface area (Å²) in [5.74, 6) is 0. The topological polar surface area (TPSA) is 0 Å². The quantitative estimate of drug-likeness (QED) is 0.298. The van der Waals surface area contributed by atoms with Crippen LogP contribution >= 0.6 is 0 Å². The summed E-state index contributed by atoms with van der Waals surface area (Å²) in [7, 11) is 9.35. The van der Waals surface area contributed by atoms with Crippen LogP contribution in [0.4, 0.5) is 0 Å². The number of benzene rings is 1. The highest BCUT2D eigenvalue weighted by atomic mass is 15.3. The zero-order chi connectivity index (χ0) is 24.2. The molecule has 2 heteroatoms. The Morgan fingerprint density at radius 3 is 1.61 bits per heavy atom. The van der Waals surface area contributed by atoms with Crippen LogP contribution in [0.25, 0.3) is 0 Å². The molecule has 1 aromatic carbocycles. The van der Waals surface area contributed by atoms with E-state index in [1.54, 1.807) is 0 Å². The maximum absolute atomic E-state index is 2.36. The fraction of sp³-hybridized carbons (Fsp3) is 0.793. The van der Waals surface area contributed by atoms with E-state index < -0.39 is 0 Å². The summed E-state index contributed by atoms with van der Waals surface area (Å²) < 4.78 is 2.33. The van der Waals surface area contributed by atoms with Gasteiger partial charge in [0.05, 0.1) is 54.4 Å². The van der Waals surface area contributed by atoms with Crippen LogP contribution < -0.4 is 0 Å². The minimum absolute atomic E-state index is 0.301. The van der Waals surface area contributed by atoms with Crippen molar-refractivity contribution in [2.45, 2.75) is 92.4 Å². The zero-order valence-electron chi connectivity index (χ0n) is 23.4. The summed E-state index contributed by atoms with van der Waals surface area (Å²) in [6.45, 7) is 21.4. The van der Waals surface area contributed by atoms with Crippen LogP contribution in [0, 0.1) is 5.41 Å². The van der Waals surface area contributed by atoms with Gasteiger partial charge in [-0.1, -0.05) is 78.3 Å². The van der Waals surface area contributed by atoms with Gasteiger partial charge in [-0.15, -0.1) is 0 Å². The molecule has 0 unspecified atom stereocenters.